The van der Waals surface area contributed by atoms with Crippen LogP contribution in [0.15, 0.2) is 71.8 Å². The van der Waals surface area contributed by atoms with E-state index < -0.39 is 119 Å². The Hall–Kier alpha value is -4.78. The average molecular weight is 937 g/mol. The fourth-order valence-electron chi connectivity index (χ4n) is 11.5. The quantitative estimate of drug-likeness (QED) is 0.134. The van der Waals surface area contributed by atoms with Gasteiger partial charge in [0.25, 0.3) is 0 Å². The number of hydrogen-bond acceptors (Lipinski definition) is 15. The number of morpholine rings is 1. The SMILES string of the molecule is CC(=O)O[C@@]12CO[C@@H]1C[C@H](OCF)[C@@]1(C)C(=O)[C@H](CCN3CCOCC3)C3=C(C)[C@@H](OC(=O)[C@H](O)[C@@H](NC(=O)OC(C)(C)C)c4ccccc4)C[C@@](O)([C@@H](OC(=O)c4ccccc4)[C@H]21)C3(C)C. The molecule has 17 heteroatoms. The molecule has 2 heterocycles. The number of ether oxygens (including phenoxy) is 7. The molecule has 2 saturated heterocycles. The van der Waals surface area contributed by atoms with Crippen LogP contribution in [0.4, 0.5) is 9.18 Å². The van der Waals surface area contributed by atoms with Gasteiger partial charge in [0, 0.05) is 44.2 Å². The van der Waals surface area contributed by atoms with E-state index in [1.165, 1.54) is 19.1 Å². The number of aliphatic hydroxyl groups is 2. The molecule has 2 aromatic carbocycles. The summed E-state index contributed by atoms with van der Waals surface area (Å²) in [6.45, 7) is 14.0. The van der Waals surface area contributed by atoms with Gasteiger partial charge in [-0.15, -0.1) is 0 Å². The van der Waals surface area contributed by atoms with Crippen LogP contribution in [0.5, 0.6) is 0 Å². The summed E-state index contributed by atoms with van der Waals surface area (Å²) in [5, 5.41) is 28.5. The number of Topliss-reactive ketones (excluding diaryl/α,β-unsaturated/α-hetero) is 1. The van der Waals surface area contributed by atoms with Gasteiger partial charge in [-0.05, 0) is 76.4 Å². The van der Waals surface area contributed by atoms with Gasteiger partial charge in [0.1, 0.15) is 35.3 Å². The van der Waals surface area contributed by atoms with E-state index in [0.29, 0.717) is 49.6 Å². The first kappa shape index (κ1) is 50.1. The molecule has 366 valence electrons. The third-order valence-corrected chi connectivity index (χ3v) is 14.8. The van der Waals surface area contributed by atoms with Crippen LogP contribution in [0.25, 0.3) is 0 Å². The molecular formula is C50H65FN2O14. The summed E-state index contributed by atoms with van der Waals surface area (Å²) >= 11 is 0. The molecule has 2 aromatic rings. The van der Waals surface area contributed by atoms with E-state index in [4.69, 9.17) is 33.2 Å². The summed E-state index contributed by atoms with van der Waals surface area (Å²) in [5.74, 6) is -5.71. The Labute approximate surface area is 390 Å². The van der Waals surface area contributed by atoms with Gasteiger partial charge in [0.05, 0.1) is 48.9 Å². The Morgan fingerprint density at radius 2 is 1.63 bits per heavy atom. The van der Waals surface area contributed by atoms with Crippen molar-refractivity contribution < 1.29 is 71.7 Å². The molecule has 0 spiro atoms. The lowest BCUT2D eigenvalue weighted by Crippen LogP contribution is -2.81. The van der Waals surface area contributed by atoms with Crippen molar-refractivity contribution in [2.75, 3.05) is 46.3 Å². The lowest BCUT2D eigenvalue weighted by Gasteiger charge is -2.68. The second kappa shape index (κ2) is 19.3. The number of carbonyl (C=O) groups is 5. The normalized spacial score (nSPS) is 32.4. The monoisotopic (exact) mass is 936 g/mol. The highest BCUT2D eigenvalue weighted by atomic mass is 19.1. The van der Waals surface area contributed by atoms with Crippen molar-refractivity contribution in [3.05, 3.63) is 82.9 Å². The number of hydrogen-bond donors (Lipinski definition) is 3. The van der Waals surface area contributed by atoms with E-state index in [1.807, 2.05) is 0 Å². The number of aliphatic hydroxyl groups excluding tert-OH is 1. The number of amides is 1. The van der Waals surface area contributed by atoms with Crippen LogP contribution in [0.2, 0.25) is 0 Å². The van der Waals surface area contributed by atoms with Gasteiger partial charge in [-0.3, -0.25) is 14.5 Å². The molecule has 2 aliphatic heterocycles. The van der Waals surface area contributed by atoms with E-state index in [1.54, 1.807) is 97.0 Å². The Bertz CT molecular complexity index is 2190. The predicted octanol–water partition coefficient (Wildman–Crippen LogP) is 5.19. The summed E-state index contributed by atoms with van der Waals surface area (Å²) in [5.41, 5.74) is -6.90. The molecule has 2 bridgehead atoms. The topological polar surface area (TPSA) is 206 Å². The minimum atomic E-state index is -2.27. The van der Waals surface area contributed by atoms with Crippen LogP contribution >= 0.6 is 0 Å². The van der Waals surface area contributed by atoms with E-state index in [-0.39, 0.29) is 25.0 Å². The number of rotatable bonds is 13. The number of fused-ring (bicyclic) bond motifs is 5. The first-order valence-electron chi connectivity index (χ1n) is 23.0. The molecule has 1 amide bonds. The number of alkyl carbamates (subject to hydrolysis) is 1. The first-order valence-corrected chi connectivity index (χ1v) is 23.0. The molecule has 4 fully saturated rings. The van der Waals surface area contributed by atoms with Gasteiger partial charge in [0.2, 0.25) is 0 Å². The number of ketones is 1. The Kier molecular flexibility index (Phi) is 14.4. The fourth-order valence-corrected chi connectivity index (χ4v) is 11.5. The maximum absolute atomic E-state index is 16.3. The van der Waals surface area contributed by atoms with Crippen LogP contribution in [-0.4, -0.2) is 139 Å². The van der Waals surface area contributed by atoms with Crippen molar-refractivity contribution in [2.45, 2.75) is 128 Å². The van der Waals surface area contributed by atoms with Gasteiger partial charge in [-0.25, -0.2) is 18.8 Å². The van der Waals surface area contributed by atoms with E-state index >= 15 is 4.79 Å². The van der Waals surface area contributed by atoms with Crippen LogP contribution in [0.3, 0.4) is 0 Å². The van der Waals surface area contributed by atoms with E-state index in [0.717, 1.165) is 0 Å². The highest BCUT2D eigenvalue weighted by Gasteiger charge is 2.78. The lowest BCUT2D eigenvalue weighted by atomic mass is 9.43. The minimum absolute atomic E-state index is 0.0661. The smallest absolute Gasteiger partial charge is 0.408 e. The lowest BCUT2D eigenvalue weighted by molar-refractivity contribution is -0.349. The maximum atomic E-state index is 16.3. The van der Waals surface area contributed by atoms with Gasteiger partial charge in [0.15, 0.2) is 18.6 Å². The number of nitrogens with zero attached hydrogens (tertiary/aromatic N) is 1. The number of benzene rings is 2. The minimum Gasteiger partial charge on any atom is -0.456 e. The summed E-state index contributed by atoms with van der Waals surface area (Å²) in [7, 11) is 0. The second-order valence-electron chi connectivity index (χ2n) is 20.2. The van der Waals surface area contributed by atoms with Gasteiger partial charge in [-0.1, -0.05) is 62.4 Å². The van der Waals surface area contributed by atoms with E-state index in [9.17, 15) is 33.8 Å². The first-order chi connectivity index (χ1) is 31.6. The van der Waals surface area contributed by atoms with Crippen LogP contribution in [0.1, 0.15) is 96.6 Å². The number of halogens is 1. The summed E-state index contributed by atoms with van der Waals surface area (Å²) in [6.07, 6.45) is -8.56. The largest absolute Gasteiger partial charge is 0.456 e. The molecular weight excluding hydrogens is 872 g/mol. The fraction of sp³-hybridized carbons (Fsp3) is 0.620. The van der Waals surface area contributed by atoms with Crippen molar-refractivity contribution in [1.82, 2.24) is 10.2 Å². The molecule has 3 N–H and O–H groups in total. The van der Waals surface area contributed by atoms with Crippen LogP contribution < -0.4 is 5.32 Å². The standard InChI is InChI=1S/C50H65FN2O14/c1-29-34(64-44(58)39(55)38(31-15-11-9-12-16-31)52-45(59)67-46(3,4)5)26-50(60)42(65-43(57)32-17-13-10-14-18-32)40-48(8,35(63-28-51)25-36-49(40,27-62-36)66-30(2)54)41(56)33(37(29)47(50,6)7)19-20-53-21-23-61-24-22-53/h9-18,33-36,38-40,42,55,60H,19-28H2,1-8H3,(H,52,59)/t33-,34+,35+,36-,38+,39-,40+,42+,48-,49+,50-/m1/s1. The van der Waals surface area contributed by atoms with Crippen molar-refractivity contribution in [3.8, 4) is 0 Å². The number of alkyl halides is 1. The zero-order chi connectivity index (χ0) is 48.7. The molecule has 16 nitrogen and oxygen atoms in total. The van der Waals surface area contributed by atoms with Crippen molar-refractivity contribution in [3.63, 3.8) is 0 Å². The predicted molar refractivity (Wildman–Crippen MR) is 238 cm³/mol. The van der Waals surface area contributed by atoms with Crippen molar-refractivity contribution in [1.29, 1.82) is 0 Å². The number of esters is 3. The molecule has 3 aliphatic carbocycles. The van der Waals surface area contributed by atoms with Crippen molar-refractivity contribution >= 4 is 29.8 Å². The third kappa shape index (κ3) is 9.39. The number of carbonyl (C=O) groups excluding carboxylic acids is 5. The zero-order valence-electron chi connectivity index (χ0n) is 39.6. The highest BCUT2D eigenvalue weighted by molar-refractivity contribution is 5.93. The van der Waals surface area contributed by atoms with Gasteiger partial charge < -0.3 is 48.7 Å². The molecule has 0 unspecified atom stereocenters. The highest BCUT2D eigenvalue weighted by Crippen LogP contribution is 2.66. The second-order valence-corrected chi connectivity index (χ2v) is 20.2. The van der Waals surface area contributed by atoms with Crippen LogP contribution in [0, 0.1) is 22.7 Å². The zero-order valence-corrected chi connectivity index (χ0v) is 39.6. The van der Waals surface area contributed by atoms with Crippen molar-refractivity contribution in [2.24, 2.45) is 22.7 Å². The van der Waals surface area contributed by atoms with E-state index in [2.05, 4.69) is 10.2 Å². The molecule has 7 rings (SSSR count). The molecule has 11 atom stereocenters. The number of nitrogens with one attached hydrogen (secondary N) is 1. The average Bonchev–Trinajstić information content (AvgIpc) is 3.27. The van der Waals surface area contributed by atoms with Gasteiger partial charge >= 0.3 is 24.0 Å². The third-order valence-electron chi connectivity index (χ3n) is 14.8. The van der Waals surface area contributed by atoms with Gasteiger partial charge in [-0.2, -0.15) is 0 Å². The molecule has 5 aliphatic rings. The summed E-state index contributed by atoms with van der Waals surface area (Å²) in [4.78, 5) is 73.8. The summed E-state index contributed by atoms with van der Waals surface area (Å²) in [6, 6.07) is 15.0. The molecule has 0 radical (unpaired) electrons. The van der Waals surface area contributed by atoms with Crippen LogP contribution in [-0.2, 0) is 47.5 Å². The molecule has 0 aromatic heterocycles. The Morgan fingerprint density at radius 3 is 2.21 bits per heavy atom. The Morgan fingerprint density at radius 1 is 0.985 bits per heavy atom. The molecule has 67 heavy (non-hydrogen) atoms. The maximum Gasteiger partial charge on any atom is 0.408 e. The summed E-state index contributed by atoms with van der Waals surface area (Å²) < 4.78 is 56.8. The Balaban J connectivity index is 1.41. The molecule has 2 saturated carbocycles.